The SMILES string of the molecule is O=C(O)CCC(=O)OC[C@@H](NC(=O)C(Cl)Cl)[C@H](O)c1ccc([N+](=O)[O-])cc1.[Na+]. The molecule has 0 aromatic heterocycles. The number of carboxylic acid groups (broad SMARTS) is 1. The van der Waals surface area contributed by atoms with Crippen molar-refractivity contribution >= 4 is 46.7 Å². The van der Waals surface area contributed by atoms with Gasteiger partial charge in [-0.15, -0.1) is 0 Å². The van der Waals surface area contributed by atoms with Crippen LogP contribution in [0.3, 0.4) is 0 Å². The summed E-state index contributed by atoms with van der Waals surface area (Å²) >= 11 is 10.9. The number of amides is 1. The summed E-state index contributed by atoms with van der Waals surface area (Å²) in [6.07, 6.45) is -2.24. The molecule has 0 saturated carbocycles. The zero-order chi connectivity index (χ0) is 20.6. The third-order valence-corrected chi connectivity index (χ3v) is 3.72. The fourth-order valence-electron chi connectivity index (χ4n) is 1.95. The van der Waals surface area contributed by atoms with Gasteiger partial charge in [-0.2, -0.15) is 0 Å². The van der Waals surface area contributed by atoms with Gasteiger partial charge in [-0.1, -0.05) is 23.2 Å². The fraction of sp³-hybridized carbons (Fsp3) is 0.400. The van der Waals surface area contributed by atoms with Crippen LogP contribution in [0.2, 0.25) is 0 Å². The van der Waals surface area contributed by atoms with Crippen LogP contribution in [0.5, 0.6) is 0 Å². The second-order valence-electron chi connectivity index (χ2n) is 5.29. The second-order valence-corrected chi connectivity index (χ2v) is 6.38. The van der Waals surface area contributed by atoms with E-state index in [0.29, 0.717) is 0 Å². The summed E-state index contributed by atoms with van der Waals surface area (Å²) < 4.78 is 4.87. The van der Waals surface area contributed by atoms with Crippen LogP contribution < -0.4 is 34.9 Å². The van der Waals surface area contributed by atoms with Gasteiger partial charge >= 0.3 is 41.5 Å². The number of alkyl halides is 2. The molecular formula is C15H16Cl2N2NaO8+. The number of aliphatic carboxylic acids is 1. The van der Waals surface area contributed by atoms with Crippen molar-refractivity contribution in [2.45, 2.75) is 29.8 Å². The van der Waals surface area contributed by atoms with Gasteiger partial charge in [-0.25, -0.2) is 0 Å². The smallest absolute Gasteiger partial charge is 0.481 e. The Morgan fingerprint density at radius 1 is 1.18 bits per heavy atom. The van der Waals surface area contributed by atoms with E-state index in [4.69, 9.17) is 33.0 Å². The molecular weight excluding hydrogens is 430 g/mol. The molecule has 3 N–H and O–H groups in total. The summed E-state index contributed by atoms with van der Waals surface area (Å²) in [5, 5.41) is 31.9. The van der Waals surface area contributed by atoms with Crippen molar-refractivity contribution in [2.75, 3.05) is 6.61 Å². The van der Waals surface area contributed by atoms with Gasteiger partial charge in [0.05, 0.1) is 23.8 Å². The van der Waals surface area contributed by atoms with Crippen LogP contribution in [0.1, 0.15) is 24.5 Å². The van der Waals surface area contributed by atoms with E-state index in [-0.39, 0.29) is 40.8 Å². The van der Waals surface area contributed by atoms with E-state index in [9.17, 15) is 29.6 Å². The zero-order valence-electron chi connectivity index (χ0n) is 14.7. The fourth-order valence-corrected chi connectivity index (χ4v) is 2.07. The molecule has 0 unspecified atom stereocenters. The number of benzene rings is 1. The number of carbonyl (C=O) groups excluding carboxylic acids is 2. The number of hydrogen-bond acceptors (Lipinski definition) is 7. The third kappa shape index (κ3) is 9.18. The van der Waals surface area contributed by atoms with E-state index in [2.05, 4.69) is 5.32 Å². The maximum absolute atomic E-state index is 11.7. The number of carboxylic acids is 1. The quantitative estimate of drug-likeness (QED) is 0.127. The number of carbonyl (C=O) groups is 3. The van der Waals surface area contributed by atoms with Gasteiger partial charge in [-0.3, -0.25) is 24.5 Å². The molecule has 0 aliphatic carbocycles. The van der Waals surface area contributed by atoms with Gasteiger partial charge in [0.1, 0.15) is 12.7 Å². The summed E-state index contributed by atoms with van der Waals surface area (Å²) in [5.41, 5.74) is 0.00129. The number of rotatable bonds is 10. The Kier molecular flexibility index (Phi) is 12.3. The minimum atomic E-state index is -1.45. The van der Waals surface area contributed by atoms with Crippen molar-refractivity contribution in [2.24, 2.45) is 0 Å². The summed E-state index contributed by atoms with van der Waals surface area (Å²) in [7, 11) is 0. The Labute approximate surface area is 191 Å². The van der Waals surface area contributed by atoms with Gasteiger partial charge in [0, 0.05) is 12.1 Å². The minimum Gasteiger partial charge on any atom is -0.481 e. The van der Waals surface area contributed by atoms with Crippen LogP contribution in [0.25, 0.3) is 0 Å². The molecule has 0 radical (unpaired) electrons. The molecule has 1 rings (SSSR count). The van der Waals surface area contributed by atoms with Gasteiger partial charge in [0.15, 0.2) is 4.84 Å². The van der Waals surface area contributed by atoms with Gasteiger partial charge in [0.25, 0.3) is 11.6 Å². The number of aliphatic hydroxyl groups excluding tert-OH is 1. The molecule has 0 bridgehead atoms. The monoisotopic (exact) mass is 445 g/mol. The Morgan fingerprint density at radius 3 is 2.21 bits per heavy atom. The molecule has 10 nitrogen and oxygen atoms in total. The number of hydrogen-bond donors (Lipinski definition) is 3. The standard InChI is InChI=1S/C15H16Cl2N2O8.Na/c16-14(17)15(24)18-10(7-27-12(22)6-5-11(20)21)13(23)8-1-3-9(4-2-8)19(25)26;/h1-4,10,13-14,23H,5-7H2,(H,18,24)(H,20,21);/q;+1/t10-,13-;/m1./s1. The molecule has 0 saturated heterocycles. The topological polar surface area (TPSA) is 156 Å². The Bertz CT molecular complexity index is 702. The number of nitro groups is 1. The minimum absolute atomic E-state index is 0. The molecule has 13 heteroatoms. The predicted molar refractivity (Wildman–Crippen MR) is 93.3 cm³/mol. The Balaban J connectivity index is 0.00000729. The summed E-state index contributed by atoms with van der Waals surface area (Å²) in [6, 6.07) is 3.68. The molecule has 1 amide bonds. The van der Waals surface area contributed by atoms with Crippen LogP contribution in [0.4, 0.5) is 5.69 Å². The van der Waals surface area contributed by atoms with E-state index in [1.54, 1.807) is 0 Å². The largest absolute Gasteiger partial charge is 1.00 e. The Hall–Kier alpha value is -1.43. The Morgan fingerprint density at radius 2 is 1.75 bits per heavy atom. The van der Waals surface area contributed by atoms with Crippen LogP contribution >= 0.6 is 23.2 Å². The normalized spacial score (nSPS) is 12.4. The number of esters is 1. The van der Waals surface area contributed by atoms with Crippen LogP contribution in [-0.2, 0) is 19.1 Å². The van der Waals surface area contributed by atoms with E-state index in [1.165, 1.54) is 12.1 Å². The van der Waals surface area contributed by atoms with E-state index in [0.717, 1.165) is 12.1 Å². The van der Waals surface area contributed by atoms with E-state index < -0.39 is 59.2 Å². The molecule has 0 fully saturated rings. The first-order valence-corrected chi connectivity index (χ1v) is 8.37. The number of halogens is 2. The molecule has 0 heterocycles. The van der Waals surface area contributed by atoms with E-state index >= 15 is 0 Å². The average molecular weight is 446 g/mol. The average Bonchev–Trinajstić information content (AvgIpc) is 2.62. The first kappa shape index (κ1) is 26.6. The van der Waals surface area contributed by atoms with Crippen molar-refractivity contribution in [3.8, 4) is 0 Å². The third-order valence-electron chi connectivity index (χ3n) is 3.32. The molecule has 148 valence electrons. The number of aliphatic hydroxyl groups is 1. The number of ether oxygens (including phenoxy) is 1. The van der Waals surface area contributed by atoms with E-state index in [1.807, 2.05) is 0 Å². The van der Waals surface area contributed by atoms with Crippen LogP contribution in [0, 0.1) is 10.1 Å². The molecule has 0 aliphatic heterocycles. The number of nitro benzene ring substituents is 1. The summed E-state index contributed by atoms with van der Waals surface area (Å²) in [6.45, 7) is -0.497. The number of nitrogens with zero attached hydrogens (tertiary/aromatic N) is 1. The molecule has 2 atom stereocenters. The maximum atomic E-state index is 11.7. The summed E-state index contributed by atoms with van der Waals surface area (Å²) in [4.78, 5) is 42.3. The van der Waals surface area contributed by atoms with Crippen LogP contribution in [-0.4, -0.2) is 50.5 Å². The van der Waals surface area contributed by atoms with Crippen molar-refractivity contribution in [1.29, 1.82) is 0 Å². The first-order valence-electron chi connectivity index (χ1n) is 7.50. The predicted octanol–water partition coefficient (Wildman–Crippen LogP) is -1.67. The van der Waals surface area contributed by atoms with Crippen molar-refractivity contribution < 1.29 is 63.8 Å². The molecule has 0 aliphatic rings. The van der Waals surface area contributed by atoms with Crippen LogP contribution in [0.15, 0.2) is 24.3 Å². The molecule has 0 spiro atoms. The summed E-state index contributed by atoms with van der Waals surface area (Å²) in [5.74, 6) is -2.89. The first-order chi connectivity index (χ1) is 12.6. The number of nitrogens with one attached hydrogen (secondary N) is 1. The number of non-ortho nitro benzene ring substituents is 1. The van der Waals surface area contributed by atoms with Gasteiger partial charge in [0.2, 0.25) is 0 Å². The second kappa shape index (κ2) is 12.9. The van der Waals surface area contributed by atoms with Crippen molar-refractivity contribution in [3.63, 3.8) is 0 Å². The van der Waals surface area contributed by atoms with Crippen molar-refractivity contribution in [1.82, 2.24) is 5.32 Å². The molecule has 1 aromatic rings. The molecule has 1 aromatic carbocycles. The van der Waals surface area contributed by atoms with Crippen molar-refractivity contribution in [3.05, 3.63) is 39.9 Å². The zero-order valence-corrected chi connectivity index (χ0v) is 18.2. The van der Waals surface area contributed by atoms with Gasteiger partial charge in [-0.05, 0) is 17.7 Å². The maximum Gasteiger partial charge on any atom is 1.00 e. The molecule has 28 heavy (non-hydrogen) atoms. The van der Waals surface area contributed by atoms with Gasteiger partial charge < -0.3 is 20.3 Å².